The van der Waals surface area contributed by atoms with Crippen LogP contribution in [-0.2, 0) is 0 Å². The molecule has 1 heterocycles. The summed E-state index contributed by atoms with van der Waals surface area (Å²) < 4.78 is 5.58. The van der Waals surface area contributed by atoms with E-state index < -0.39 is 0 Å². The Balaban J connectivity index is 2.33. The molecule has 88 valence electrons. The molecular formula is C14H15NO2. The Bertz CT molecular complexity index is 509. The zero-order valence-electron chi connectivity index (χ0n) is 9.92. The summed E-state index contributed by atoms with van der Waals surface area (Å²) in [6.45, 7) is 3.95. The number of hydrogen-bond acceptors (Lipinski definition) is 3. The van der Waals surface area contributed by atoms with Crippen molar-refractivity contribution < 1.29 is 9.84 Å². The van der Waals surface area contributed by atoms with Crippen molar-refractivity contribution in [3.8, 4) is 22.6 Å². The van der Waals surface area contributed by atoms with Crippen molar-refractivity contribution in [2.45, 2.75) is 20.0 Å². The Labute approximate surface area is 101 Å². The summed E-state index contributed by atoms with van der Waals surface area (Å²) in [6.07, 6.45) is 3.56. The van der Waals surface area contributed by atoms with Crippen molar-refractivity contribution >= 4 is 0 Å². The van der Waals surface area contributed by atoms with Crippen molar-refractivity contribution in [3.05, 3.63) is 42.7 Å². The van der Waals surface area contributed by atoms with Gasteiger partial charge in [-0.1, -0.05) is 12.1 Å². The second-order valence-corrected chi connectivity index (χ2v) is 4.13. The van der Waals surface area contributed by atoms with Gasteiger partial charge in [-0.05, 0) is 37.6 Å². The minimum Gasteiger partial charge on any atom is -0.508 e. The first-order chi connectivity index (χ1) is 8.15. The van der Waals surface area contributed by atoms with Crippen molar-refractivity contribution in [1.29, 1.82) is 0 Å². The highest BCUT2D eigenvalue weighted by Gasteiger charge is 2.03. The van der Waals surface area contributed by atoms with Crippen LogP contribution in [0.1, 0.15) is 13.8 Å². The Morgan fingerprint density at radius 2 is 1.94 bits per heavy atom. The third kappa shape index (κ3) is 2.97. The van der Waals surface area contributed by atoms with Gasteiger partial charge in [-0.3, -0.25) is 4.98 Å². The third-order valence-corrected chi connectivity index (χ3v) is 2.26. The lowest BCUT2D eigenvalue weighted by Crippen LogP contribution is -2.05. The summed E-state index contributed by atoms with van der Waals surface area (Å²) in [4.78, 5) is 4.14. The van der Waals surface area contributed by atoms with E-state index in [9.17, 15) is 5.11 Å². The second kappa shape index (κ2) is 4.87. The first-order valence-electron chi connectivity index (χ1n) is 5.56. The average molecular weight is 229 g/mol. The van der Waals surface area contributed by atoms with Gasteiger partial charge in [-0.25, -0.2) is 0 Å². The number of nitrogens with zero attached hydrogens (tertiary/aromatic N) is 1. The summed E-state index contributed by atoms with van der Waals surface area (Å²) in [7, 11) is 0. The Kier molecular flexibility index (Phi) is 3.28. The quantitative estimate of drug-likeness (QED) is 0.878. The maximum Gasteiger partial charge on any atom is 0.138 e. The molecule has 0 aliphatic rings. The summed E-state index contributed by atoms with van der Waals surface area (Å²) in [5.41, 5.74) is 1.85. The van der Waals surface area contributed by atoms with Gasteiger partial charge in [0.05, 0.1) is 12.3 Å². The molecular weight excluding hydrogens is 214 g/mol. The fraction of sp³-hybridized carbons (Fsp3) is 0.214. The van der Waals surface area contributed by atoms with Crippen LogP contribution in [0.25, 0.3) is 11.1 Å². The van der Waals surface area contributed by atoms with E-state index in [-0.39, 0.29) is 11.9 Å². The van der Waals surface area contributed by atoms with Gasteiger partial charge in [0.15, 0.2) is 0 Å². The monoisotopic (exact) mass is 229 g/mol. The zero-order chi connectivity index (χ0) is 12.3. The SMILES string of the molecule is CC(C)Oc1cncc(-c2cccc(O)c2)c1. The van der Waals surface area contributed by atoms with Crippen LogP contribution in [0.3, 0.4) is 0 Å². The molecule has 2 aromatic rings. The highest BCUT2D eigenvalue weighted by molar-refractivity contribution is 5.65. The third-order valence-electron chi connectivity index (χ3n) is 2.26. The van der Waals surface area contributed by atoms with Crippen molar-refractivity contribution in [2.24, 2.45) is 0 Å². The van der Waals surface area contributed by atoms with E-state index in [1.165, 1.54) is 0 Å². The van der Waals surface area contributed by atoms with Crippen LogP contribution in [0, 0.1) is 0 Å². The molecule has 0 amide bonds. The van der Waals surface area contributed by atoms with Crippen LogP contribution < -0.4 is 4.74 Å². The molecule has 0 atom stereocenters. The Morgan fingerprint density at radius 3 is 2.65 bits per heavy atom. The Hall–Kier alpha value is -2.03. The molecule has 0 fully saturated rings. The molecule has 0 aliphatic heterocycles. The van der Waals surface area contributed by atoms with E-state index >= 15 is 0 Å². The summed E-state index contributed by atoms with van der Waals surface area (Å²) in [5, 5.41) is 9.44. The first kappa shape index (κ1) is 11.5. The number of pyridine rings is 1. The molecule has 0 saturated carbocycles. The van der Waals surface area contributed by atoms with E-state index in [0.29, 0.717) is 0 Å². The highest BCUT2D eigenvalue weighted by atomic mass is 16.5. The number of hydrogen-bond donors (Lipinski definition) is 1. The normalized spacial score (nSPS) is 10.5. The Morgan fingerprint density at radius 1 is 1.12 bits per heavy atom. The van der Waals surface area contributed by atoms with Gasteiger partial charge in [0.1, 0.15) is 11.5 Å². The lowest BCUT2D eigenvalue weighted by atomic mass is 10.1. The van der Waals surface area contributed by atoms with E-state index in [1.807, 2.05) is 26.0 Å². The van der Waals surface area contributed by atoms with Gasteiger partial charge in [-0.15, -0.1) is 0 Å². The number of rotatable bonds is 3. The number of phenols is 1. The molecule has 0 spiro atoms. The fourth-order valence-corrected chi connectivity index (χ4v) is 1.60. The fourth-order valence-electron chi connectivity index (χ4n) is 1.60. The smallest absolute Gasteiger partial charge is 0.138 e. The van der Waals surface area contributed by atoms with Crippen LogP contribution in [0.4, 0.5) is 0 Å². The molecule has 2 rings (SSSR count). The first-order valence-corrected chi connectivity index (χ1v) is 5.56. The summed E-state index contributed by atoms with van der Waals surface area (Å²) >= 11 is 0. The molecule has 3 heteroatoms. The second-order valence-electron chi connectivity index (χ2n) is 4.13. The maximum absolute atomic E-state index is 9.44. The van der Waals surface area contributed by atoms with E-state index in [2.05, 4.69) is 4.98 Å². The van der Waals surface area contributed by atoms with Crippen LogP contribution in [-0.4, -0.2) is 16.2 Å². The number of phenolic OH excluding ortho intramolecular Hbond substituents is 1. The van der Waals surface area contributed by atoms with E-state index in [4.69, 9.17) is 4.74 Å². The lowest BCUT2D eigenvalue weighted by molar-refractivity contribution is 0.241. The number of aromatic nitrogens is 1. The molecule has 3 nitrogen and oxygen atoms in total. The molecule has 0 bridgehead atoms. The molecule has 1 aromatic heterocycles. The van der Waals surface area contributed by atoms with Gasteiger partial charge in [0.25, 0.3) is 0 Å². The van der Waals surface area contributed by atoms with E-state index in [0.717, 1.165) is 16.9 Å². The standard InChI is InChI=1S/C14H15NO2/c1-10(2)17-14-7-12(8-15-9-14)11-4-3-5-13(16)6-11/h3-10,16H,1-2H3. The topological polar surface area (TPSA) is 42.4 Å². The molecule has 0 radical (unpaired) electrons. The van der Waals surface area contributed by atoms with Crippen LogP contribution in [0.15, 0.2) is 42.7 Å². The van der Waals surface area contributed by atoms with Crippen molar-refractivity contribution in [3.63, 3.8) is 0 Å². The molecule has 0 saturated heterocycles. The van der Waals surface area contributed by atoms with Crippen LogP contribution >= 0.6 is 0 Å². The van der Waals surface area contributed by atoms with Gasteiger partial charge in [0.2, 0.25) is 0 Å². The minimum absolute atomic E-state index is 0.122. The zero-order valence-corrected chi connectivity index (χ0v) is 9.92. The number of benzene rings is 1. The lowest BCUT2D eigenvalue weighted by Gasteiger charge is -2.10. The average Bonchev–Trinajstić information content (AvgIpc) is 2.28. The number of ether oxygens (including phenoxy) is 1. The molecule has 1 aromatic carbocycles. The molecule has 17 heavy (non-hydrogen) atoms. The van der Waals surface area contributed by atoms with E-state index in [1.54, 1.807) is 30.6 Å². The van der Waals surface area contributed by atoms with Gasteiger partial charge in [0, 0.05) is 11.8 Å². The van der Waals surface area contributed by atoms with Crippen molar-refractivity contribution in [1.82, 2.24) is 4.98 Å². The van der Waals surface area contributed by atoms with Crippen LogP contribution in [0.2, 0.25) is 0 Å². The maximum atomic E-state index is 9.44. The summed E-state index contributed by atoms with van der Waals surface area (Å²) in [6, 6.07) is 9.00. The van der Waals surface area contributed by atoms with Gasteiger partial charge < -0.3 is 9.84 Å². The minimum atomic E-state index is 0.122. The molecule has 0 unspecified atom stereocenters. The van der Waals surface area contributed by atoms with Crippen LogP contribution in [0.5, 0.6) is 11.5 Å². The molecule has 1 N–H and O–H groups in total. The van der Waals surface area contributed by atoms with Gasteiger partial charge >= 0.3 is 0 Å². The van der Waals surface area contributed by atoms with Gasteiger partial charge in [-0.2, -0.15) is 0 Å². The summed E-state index contributed by atoms with van der Waals surface area (Å²) in [5.74, 6) is 0.985. The largest absolute Gasteiger partial charge is 0.508 e. The predicted octanol–water partition coefficient (Wildman–Crippen LogP) is 3.24. The highest BCUT2D eigenvalue weighted by Crippen LogP contribution is 2.25. The number of aromatic hydroxyl groups is 1. The van der Waals surface area contributed by atoms with Crippen molar-refractivity contribution in [2.75, 3.05) is 0 Å². The predicted molar refractivity (Wildman–Crippen MR) is 67.1 cm³/mol. The molecule has 0 aliphatic carbocycles.